The van der Waals surface area contributed by atoms with Crippen LogP contribution in [0.5, 0.6) is 0 Å². The van der Waals surface area contributed by atoms with Gasteiger partial charge in [-0.25, -0.2) is 18.5 Å². The highest BCUT2D eigenvalue weighted by atomic mass is 32.2. The lowest BCUT2D eigenvalue weighted by Gasteiger charge is -2.35. The summed E-state index contributed by atoms with van der Waals surface area (Å²) in [6.07, 6.45) is -3.66. The number of hydrogen-bond acceptors (Lipinski definition) is 5. The highest BCUT2D eigenvalue weighted by Gasteiger charge is 2.31. The molecular weight excluding hydrogens is 421 g/mol. The number of halogens is 3. The molecule has 0 atom stereocenters. The van der Waals surface area contributed by atoms with E-state index in [9.17, 15) is 26.4 Å². The standard InChI is InChI=1S/C19H21F3N4O3S/c1-12-9-14(10-16(13(12)2)30(23,28)29)18(27)26-7-5-25(6-8-26)17-4-3-15(11-24-17)19(20,21)22/h3-4,9-11H,5-8H2,1-2H3,(H2,23,28,29). The van der Waals surface area contributed by atoms with E-state index in [0.717, 1.165) is 12.3 Å². The van der Waals surface area contributed by atoms with E-state index in [1.165, 1.54) is 12.1 Å². The van der Waals surface area contributed by atoms with Gasteiger partial charge in [0, 0.05) is 37.9 Å². The molecule has 2 N–H and O–H groups in total. The van der Waals surface area contributed by atoms with E-state index in [-0.39, 0.29) is 16.4 Å². The summed E-state index contributed by atoms with van der Waals surface area (Å²) < 4.78 is 61.6. The number of pyridine rings is 1. The zero-order valence-corrected chi connectivity index (χ0v) is 17.2. The summed E-state index contributed by atoms with van der Waals surface area (Å²) in [5, 5.41) is 5.26. The van der Waals surface area contributed by atoms with Crippen molar-refractivity contribution in [1.82, 2.24) is 9.88 Å². The topological polar surface area (TPSA) is 96.6 Å². The van der Waals surface area contributed by atoms with Crippen molar-refractivity contribution in [2.45, 2.75) is 24.9 Å². The number of anilines is 1. The first-order valence-corrected chi connectivity index (χ1v) is 10.6. The Balaban J connectivity index is 1.72. The third kappa shape index (κ3) is 4.57. The Morgan fingerprint density at radius 1 is 1.10 bits per heavy atom. The molecule has 1 aliphatic rings. The second kappa shape index (κ2) is 7.88. The van der Waals surface area contributed by atoms with E-state index in [0.29, 0.717) is 43.1 Å². The number of carbonyl (C=O) groups is 1. The molecule has 2 heterocycles. The van der Waals surface area contributed by atoms with Gasteiger partial charge in [-0.3, -0.25) is 4.79 Å². The van der Waals surface area contributed by atoms with E-state index in [4.69, 9.17) is 5.14 Å². The first-order chi connectivity index (χ1) is 13.9. The largest absolute Gasteiger partial charge is 0.417 e. The number of aryl methyl sites for hydroxylation is 1. The van der Waals surface area contributed by atoms with Crippen LogP contribution in [-0.4, -0.2) is 50.4 Å². The van der Waals surface area contributed by atoms with Crippen molar-refractivity contribution in [3.8, 4) is 0 Å². The van der Waals surface area contributed by atoms with Gasteiger partial charge in [-0.15, -0.1) is 0 Å². The van der Waals surface area contributed by atoms with Crippen LogP contribution in [0, 0.1) is 13.8 Å². The number of aromatic nitrogens is 1. The summed E-state index contributed by atoms with van der Waals surface area (Å²) in [7, 11) is -3.97. The normalized spacial score (nSPS) is 15.4. The lowest BCUT2D eigenvalue weighted by Crippen LogP contribution is -2.49. The molecule has 30 heavy (non-hydrogen) atoms. The van der Waals surface area contributed by atoms with Crippen LogP contribution in [0.1, 0.15) is 27.0 Å². The van der Waals surface area contributed by atoms with Gasteiger partial charge in [-0.2, -0.15) is 13.2 Å². The SMILES string of the molecule is Cc1cc(C(=O)N2CCN(c3ccc(C(F)(F)F)cn3)CC2)cc(S(N)(=O)=O)c1C. The summed E-state index contributed by atoms with van der Waals surface area (Å²) >= 11 is 0. The molecule has 1 aliphatic heterocycles. The summed E-state index contributed by atoms with van der Waals surface area (Å²) in [6, 6.07) is 5.19. The van der Waals surface area contributed by atoms with E-state index < -0.39 is 21.8 Å². The number of primary sulfonamides is 1. The number of sulfonamides is 1. The van der Waals surface area contributed by atoms with Crippen LogP contribution in [0.3, 0.4) is 0 Å². The number of nitrogens with zero attached hydrogens (tertiary/aromatic N) is 3. The maximum absolute atomic E-state index is 12.9. The van der Waals surface area contributed by atoms with Crippen LogP contribution >= 0.6 is 0 Å². The van der Waals surface area contributed by atoms with Crippen LogP contribution < -0.4 is 10.0 Å². The molecule has 1 fully saturated rings. The highest BCUT2D eigenvalue weighted by molar-refractivity contribution is 7.89. The number of alkyl halides is 3. The summed E-state index contributed by atoms with van der Waals surface area (Å²) in [4.78, 5) is 20.0. The van der Waals surface area contributed by atoms with E-state index in [1.54, 1.807) is 29.7 Å². The quantitative estimate of drug-likeness (QED) is 0.787. The van der Waals surface area contributed by atoms with Crippen molar-refractivity contribution in [1.29, 1.82) is 0 Å². The van der Waals surface area contributed by atoms with Gasteiger partial charge in [0.15, 0.2) is 0 Å². The molecule has 11 heteroatoms. The van der Waals surface area contributed by atoms with Gasteiger partial charge < -0.3 is 9.80 Å². The average Bonchev–Trinajstić information content (AvgIpc) is 2.68. The molecule has 1 aromatic heterocycles. The maximum atomic E-state index is 12.9. The molecule has 7 nitrogen and oxygen atoms in total. The van der Waals surface area contributed by atoms with Crippen LogP contribution in [0.15, 0.2) is 35.4 Å². The Morgan fingerprint density at radius 2 is 1.73 bits per heavy atom. The van der Waals surface area contributed by atoms with Crippen LogP contribution in [0.4, 0.5) is 19.0 Å². The minimum Gasteiger partial charge on any atom is -0.353 e. The Hall–Kier alpha value is -2.66. The molecule has 0 aliphatic carbocycles. The van der Waals surface area contributed by atoms with E-state index in [2.05, 4.69) is 4.98 Å². The number of hydrogen-bond donors (Lipinski definition) is 1. The summed E-state index contributed by atoms with van der Waals surface area (Å²) in [5.41, 5.74) is 0.536. The Kier molecular flexibility index (Phi) is 5.79. The Labute approximate surface area is 172 Å². The van der Waals surface area contributed by atoms with Gasteiger partial charge >= 0.3 is 6.18 Å². The van der Waals surface area contributed by atoms with E-state index >= 15 is 0 Å². The van der Waals surface area contributed by atoms with Crippen molar-refractivity contribution in [3.05, 3.63) is 52.7 Å². The van der Waals surface area contributed by atoms with Gasteiger partial charge in [0.2, 0.25) is 10.0 Å². The molecule has 0 radical (unpaired) electrons. The third-order valence-corrected chi connectivity index (χ3v) is 6.18. The van der Waals surface area contributed by atoms with Gasteiger partial charge in [0.05, 0.1) is 10.5 Å². The summed E-state index contributed by atoms with van der Waals surface area (Å²) in [6.45, 7) is 4.74. The smallest absolute Gasteiger partial charge is 0.353 e. The molecule has 2 aromatic rings. The number of carbonyl (C=O) groups excluding carboxylic acids is 1. The number of rotatable bonds is 3. The Bertz CT molecular complexity index is 1060. The van der Waals surface area contributed by atoms with Crippen molar-refractivity contribution in [2.75, 3.05) is 31.1 Å². The molecule has 1 amide bonds. The molecule has 0 saturated carbocycles. The highest BCUT2D eigenvalue weighted by Crippen LogP contribution is 2.29. The maximum Gasteiger partial charge on any atom is 0.417 e. The second-order valence-corrected chi connectivity index (χ2v) is 8.67. The van der Waals surface area contributed by atoms with Gasteiger partial charge in [0.1, 0.15) is 5.82 Å². The lowest BCUT2D eigenvalue weighted by molar-refractivity contribution is -0.137. The molecule has 0 bridgehead atoms. The lowest BCUT2D eigenvalue weighted by atomic mass is 10.0. The fourth-order valence-electron chi connectivity index (χ4n) is 3.31. The van der Waals surface area contributed by atoms with Crippen LogP contribution in [0.25, 0.3) is 0 Å². The first kappa shape index (κ1) is 22.0. The molecular formula is C19H21F3N4O3S. The van der Waals surface area contributed by atoms with Gasteiger partial charge in [0.25, 0.3) is 5.91 Å². The molecule has 162 valence electrons. The van der Waals surface area contributed by atoms with E-state index in [1.807, 2.05) is 0 Å². The number of benzene rings is 1. The first-order valence-electron chi connectivity index (χ1n) is 9.09. The zero-order chi connectivity index (χ0) is 22.3. The van der Waals surface area contributed by atoms with Crippen LogP contribution in [-0.2, 0) is 16.2 Å². The molecule has 3 rings (SSSR count). The summed E-state index contributed by atoms with van der Waals surface area (Å²) in [5.74, 6) is 0.0702. The number of piperazine rings is 1. The van der Waals surface area contributed by atoms with Crippen molar-refractivity contribution in [2.24, 2.45) is 5.14 Å². The van der Waals surface area contributed by atoms with Crippen molar-refractivity contribution in [3.63, 3.8) is 0 Å². The predicted molar refractivity (Wildman–Crippen MR) is 105 cm³/mol. The number of nitrogens with two attached hydrogens (primary N) is 1. The molecule has 1 saturated heterocycles. The minimum atomic E-state index is -4.45. The monoisotopic (exact) mass is 442 g/mol. The zero-order valence-electron chi connectivity index (χ0n) is 16.4. The third-order valence-electron chi connectivity index (χ3n) is 5.14. The fraction of sp³-hybridized carbons (Fsp3) is 0.368. The van der Waals surface area contributed by atoms with Gasteiger partial charge in [-0.1, -0.05) is 0 Å². The average molecular weight is 442 g/mol. The van der Waals surface area contributed by atoms with Crippen LogP contribution in [0.2, 0.25) is 0 Å². The minimum absolute atomic E-state index is 0.0848. The predicted octanol–water partition coefficient (Wildman–Crippen LogP) is 2.33. The van der Waals surface area contributed by atoms with Gasteiger partial charge in [-0.05, 0) is 49.2 Å². The Morgan fingerprint density at radius 3 is 2.23 bits per heavy atom. The fourth-order valence-corrected chi connectivity index (χ4v) is 4.19. The molecule has 0 unspecified atom stereocenters. The second-order valence-electron chi connectivity index (χ2n) is 7.14. The van der Waals surface area contributed by atoms with Crippen molar-refractivity contribution >= 4 is 21.7 Å². The molecule has 0 spiro atoms. The number of amides is 1. The van der Waals surface area contributed by atoms with Crippen molar-refractivity contribution < 1.29 is 26.4 Å². The molecule has 1 aromatic carbocycles.